The second-order valence-electron chi connectivity index (χ2n) is 5.76. The van der Waals surface area contributed by atoms with Crippen molar-refractivity contribution in [1.29, 1.82) is 0 Å². The van der Waals surface area contributed by atoms with Crippen LogP contribution in [0.25, 0.3) is 0 Å². The highest BCUT2D eigenvalue weighted by Crippen LogP contribution is 2.14. The highest BCUT2D eigenvalue weighted by molar-refractivity contribution is 5.17. The van der Waals surface area contributed by atoms with Crippen molar-refractivity contribution in [2.75, 3.05) is 6.54 Å². The van der Waals surface area contributed by atoms with Crippen molar-refractivity contribution in [3.63, 3.8) is 0 Å². The Bertz CT molecular complexity index is 548. The number of rotatable bonds is 7. The maximum atomic E-state index is 13.0. The van der Waals surface area contributed by atoms with Gasteiger partial charge in [-0.1, -0.05) is 26.0 Å². The van der Waals surface area contributed by atoms with Gasteiger partial charge in [0.1, 0.15) is 18.0 Å². The van der Waals surface area contributed by atoms with E-state index in [0.717, 1.165) is 30.8 Å². The van der Waals surface area contributed by atoms with Crippen molar-refractivity contribution >= 4 is 0 Å². The highest BCUT2D eigenvalue weighted by Gasteiger charge is 2.14. The van der Waals surface area contributed by atoms with Crippen molar-refractivity contribution in [3.8, 4) is 0 Å². The van der Waals surface area contributed by atoms with Gasteiger partial charge in [0, 0.05) is 19.5 Å². The van der Waals surface area contributed by atoms with Gasteiger partial charge in [0.05, 0.1) is 0 Å². The zero-order valence-corrected chi connectivity index (χ0v) is 12.9. The molecular weight excluding hydrogens is 267 g/mol. The van der Waals surface area contributed by atoms with E-state index in [9.17, 15) is 4.39 Å². The summed E-state index contributed by atoms with van der Waals surface area (Å²) < 4.78 is 14.8. The number of hydrogen-bond donors (Lipinski definition) is 1. The van der Waals surface area contributed by atoms with Crippen molar-refractivity contribution in [2.45, 2.75) is 32.7 Å². The van der Waals surface area contributed by atoms with E-state index in [0.29, 0.717) is 12.0 Å². The first-order chi connectivity index (χ1) is 10.0. The summed E-state index contributed by atoms with van der Waals surface area (Å²) in [6.07, 6.45) is 3.33. The van der Waals surface area contributed by atoms with E-state index in [1.807, 2.05) is 23.9 Å². The smallest absolute Gasteiger partial charge is 0.138 e. The third-order valence-corrected chi connectivity index (χ3v) is 3.53. The molecule has 4 nitrogen and oxygen atoms in total. The van der Waals surface area contributed by atoms with Crippen LogP contribution in [0.5, 0.6) is 0 Å². The number of nitrogens with one attached hydrogen (secondary N) is 1. The van der Waals surface area contributed by atoms with Crippen molar-refractivity contribution in [3.05, 3.63) is 47.8 Å². The van der Waals surface area contributed by atoms with Crippen LogP contribution < -0.4 is 5.32 Å². The van der Waals surface area contributed by atoms with Gasteiger partial charge in [-0.05, 0) is 36.6 Å². The average Bonchev–Trinajstić information content (AvgIpc) is 2.84. The van der Waals surface area contributed by atoms with E-state index in [1.54, 1.807) is 6.33 Å². The maximum absolute atomic E-state index is 13.0. The fraction of sp³-hybridized carbons (Fsp3) is 0.500. The van der Waals surface area contributed by atoms with Crippen LogP contribution in [0.2, 0.25) is 0 Å². The van der Waals surface area contributed by atoms with Gasteiger partial charge in [-0.2, -0.15) is 5.10 Å². The Labute approximate surface area is 125 Å². The Morgan fingerprint density at radius 3 is 2.48 bits per heavy atom. The van der Waals surface area contributed by atoms with E-state index in [1.165, 1.54) is 12.1 Å². The number of aryl methyl sites for hydroxylation is 1. The molecule has 0 bridgehead atoms. The lowest BCUT2D eigenvalue weighted by Crippen LogP contribution is -2.31. The molecule has 1 unspecified atom stereocenters. The molecule has 1 atom stereocenters. The summed E-state index contributed by atoms with van der Waals surface area (Å²) in [5.41, 5.74) is 1.15. The van der Waals surface area contributed by atoms with Crippen LogP contribution in [0.15, 0.2) is 30.6 Å². The summed E-state index contributed by atoms with van der Waals surface area (Å²) in [6, 6.07) is 7.19. The summed E-state index contributed by atoms with van der Waals surface area (Å²) in [5, 5.41) is 7.60. The van der Waals surface area contributed by atoms with Gasteiger partial charge in [0.2, 0.25) is 0 Å². The van der Waals surface area contributed by atoms with Crippen LogP contribution in [0.4, 0.5) is 4.39 Å². The molecule has 2 aromatic rings. The molecule has 0 spiro atoms. The number of aromatic nitrogens is 3. The zero-order valence-electron chi connectivity index (χ0n) is 12.9. The minimum Gasteiger partial charge on any atom is -0.314 e. The Kier molecular flexibility index (Phi) is 5.44. The topological polar surface area (TPSA) is 42.7 Å². The number of nitrogens with zero attached hydrogens (tertiary/aromatic N) is 3. The predicted octanol–water partition coefficient (Wildman–Crippen LogP) is 2.35. The van der Waals surface area contributed by atoms with Gasteiger partial charge >= 0.3 is 0 Å². The molecule has 0 aliphatic carbocycles. The summed E-state index contributed by atoms with van der Waals surface area (Å²) in [6.45, 7) is 5.18. The lowest BCUT2D eigenvalue weighted by molar-refractivity contribution is 0.430. The zero-order chi connectivity index (χ0) is 15.2. The first-order valence-electron chi connectivity index (χ1n) is 7.35. The minimum absolute atomic E-state index is 0.191. The van der Waals surface area contributed by atoms with Gasteiger partial charge in [0.25, 0.3) is 0 Å². The quantitative estimate of drug-likeness (QED) is 0.851. The van der Waals surface area contributed by atoms with Crippen LogP contribution in [-0.4, -0.2) is 27.4 Å². The minimum atomic E-state index is -0.191. The normalized spacial score (nSPS) is 12.8. The molecule has 1 N–H and O–H groups in total. The molecule has 0 aliphatic heterocycles. The molecule has 114 valence electrons. The molecule has 0 saturated carbocycles. The van der Waals surface area contributed by atoms with Gasteiger partial charge in [-0.25, -0.2) is 9.37 Å². The third kappa shape index (κ3) is 4.93. The summed E-state index contributed by atoms with van der Waals surface area (Å²) in [4.78, 5) is 4.30. The van der Waals surface area contributed by atoms with Crippen LogP contribution in [0.3, 0.4) is 0 Å². The van der Waals surface area contributed by atoms with E-state index >= 15 is 0 Å². The monoisotopic (exact) mass is 290 g/mol. The SMILES string of the molecule is CC(C)NCC(Cc1ccc(F)cc1)Cc1ncnn1C. The number of hydrogen-bond acceptors (Lipinski definition) is 3. The molecule has 5 heteroatoms. The Morgan fingerprint density at radius 1 is 1.19 bits per heavy atom. The molecule has 0 fully saturated rings. The van der Waals surface area contributed by atoms with E-state index in [-0.39, 0.29) is 5.82 Å². The average molecular weight is 290 g/mol. The summed E-state index contributed by atoms with van der Waals surface area (Å²) >= 11 is 0. The van der Waals surface area contributed by atoms with Crippen molar-refractivity contribution < 1.29 is 4.39 Å². The Balaban J connectivity index is 2.04. The number of benzene rings is 1. The third-order valence-electron chi connectivity index (χ3n) is 3.53. The first-order valence-corrected chi connectivity index (χ1v) is 7.35. The van der Waals surface area contributed by atoms with Crippen molar-refractivity contribution in [1.82, 2.24) is 20.1 Å². The molecule has 0 saturated heterocycles. The van der Waals surface area contributed by atoms with Gasteiger partial charge in [-0.15, -0.1) is 0 Å². The van der Waals surface area contributed by atoms with Crippen molar-refractivity contribution in [2.24, 2.45) is 13.0 Å². The van der Waals surface area contributed by atoms with Crippen LogP contribution >= 0.6 is 0 Å². The van der Waals surface area contributed by atoms with Gasteiger partial charge in [0.15, 0.2) is 0 Å². The van der Waals surface area contributed by atoms with Crippen LogP contribution in [0.1, 0.15) is 25.2 Å². The fourth-order valence-corrected chi connectivity index (χ4v) is 2.34. The molecule has 1 heterocycles. The molecule has 21 heavy (non-hydrogen) atoms. The summed E-state index contributed by atoms with van der Waals surface area (Å²) in [7, 11) is 1.91. The second-order valence-corrected chi connectivity index (χ2v) is 5.76. The maximum Gasteiger partial charge on any atom is 0.138 e. The molecule has 0 amide bonds. The molecule has 0 aliphatic rings. The molecule has 1 aromatic heterocycles. The molecule has 2 rings (SSSR count). The van der Waals surface area contributed by atoms with E-state index in [2.05, 4.69) is 29.2 Å². The van der Waals surface area contributed by atoms with Crippen LogP contribution in [0, 0.1) is 11.7 Å². The van der Waals surface area contributed by atoms with Crippen LogP contribution in [-0.2, 0) is 19.9 Å². The molecule has 1 aromatic carbocycles. The highest BCUT2D eigenvalue weighted by atomic mass is 19.1. The lowest BCUT2D eigenvalue weighted by atomic mass is 9.95. The number of halogens is 1. The standard InChI is InChI=1S/C16H23FN4/c1-12(2)18-10-14(9-16-19-11-20-21(16)3)8-13-4-6-15(17)7-5-13/h4-7,11-12,14,18H,8-10H2,1-3H3. The second kappa shape index (κ2) is 7.31. The first kappa shape index (κ1) is 15.6. The molecular formula is C16H23FN4. The summed E-state index contributed by atoms with van der Waals surface area (Å²) in [5.74, 6) is 1.19. The largest absolute Gasteiger partial charge is 0.314 e. The molecule has 0 radical (unpaired) electrons. The van der Waals surface area contributed by atoms with E-state index in [4.69, 9.17) is 0 Å². The Hall–Kier alpha value is -1.75. The fourth-order valence-electron chi connectivity index (χ4n) is 2.34. The lowest BCUT2D eigenvalue weighted by Gasteiger charge is -2.19. The van der Waals surface area contributed by atoms with Gasteiger partial charge in [-0.3, -0.25) is 4.68 Å². The van der Waals surface area contributed by atoms with E-state index < -0.39 is 0 Å². The van der Waals surface area contributed by atoms with Gasteiger partial charge < -0.3 is 5.32 Å². The Morgan fingerprint density at radius 2 is 1.90 bits per heavy atom. The predicted molar refractivity (Wildman–Crippen MR) is 81.4 cm³/mol.